The summed E-state index contributed by atoms with van der Waals surface area (Å²) in [6.07, 6.45) is 0.461. The van der Waals surface area contributed by atoms with Gasteiger partial charge in [0.15, 0.2) is 0 Å². The van der Waals surface area contributed by atoms with Crippen LogP contribution in [0.1, 0.15) is 28.8 Å². The van der Waals surface area contributed by atoms with Crippen molar-refractivity contribution in [2.45, 2.75) is 24.7 Å². The fourth-order valence-corrected chi connectivity index (χ4v) is 4.85. The standard InChI is InChI=1S/C28H20Cl3FN2O2/c29-20-7-3-18(4-8-20)26-27(19-5-9-21(30)10-6-19)36-24(15-17-1-11-22(32)12-2-17)28(35)34(26)23-13-14-33-25(31)16-23/h1-14,16,24,26-27H,15H2/t24-,26+,27-/m1/s1. The Labute approximate surface area is 223 Å². The fourth-order valence-electron chi connectivity index (χ4n) is 4.43. The third-order valence-corrected chi connectivity index (χ3v) is 6.83. The van der Waals surface area contributed by atoms with E-state index in [1.807, 2.05) is 24.3 Å². The molecule has 0 saturated carbocycles. The van der Waals surface area contributed by atoms with E-state index in [1.165, 1.54) is 12.1 Å². The molecule has 5 rings (SSSR count). The lowest BCUT2D eigenvalue weighted by molar-refractivity contribution is -0.144. The lowest BCUT2D eigenvalue weighted by atomic mass is 9.90. The third-order valence-electron chi connectivity index (χ3n) is 6.12. The van der Waals surface area contributed by atoms with Crippen molar-refractivity contribution in [1.82, 2.24) is 4.98 Å². The number of anilines is 1. The maximum atomic E-state index is 14.0. The van der Waals surface area contributed by atoms with Gasteiger partial charge in [0.05, 0.1) is 6.04 Å². The number of nitrogens with zero attached hydrogens (tertiary/aromatic N) is 2. The molecule has 0 bridgehead atoms. The number of rotatable bonds is 5. The van der Waals surface area contributed by atoms with Crippen LogP contribution in [-0.2, 0) is 16.0 Å². The van der Waals surface area contributed by atoms with E-state index in [9.17, 15) is 9.18 Å². The summed E-state index contributed by atoms with van der Waals surface area (Å²) in [5, 5.41) is 1.44. The van der Waals surface area contributed by atoms with Crippen molar-refractivity contribution in [3.63, 3.8) is 0 Å². The SMILES string of the molecule is O=C1[C@@H](Cc2ccc(F)cc2)O[C@H](c2ccc(Cl)cc2)[C@H](c2ccc(Cl)cc2)N1c1ccnc(Cl)c1. The second-order valence-electron chi connectivity index (χ2n) is 8.47. The summed E-state index contributed by atoms with van der Waals surface area (Å²) in [5.74, 6) is -0.587. The molecule has 1 fully saturated rings. The van der Waals surface area contributed by atoms with E-state index in [-0.39, 0.29) is 23.3 Å². The van der Waals surface area contributed by atoms with Crippen LogP contribution in [0, 0.1) is 5.82 Å². The first-order chi connectivity index (χ1) is 17.4. The highest BCUT2D eigenvalue weighted by molar-refractivity contribution is 6.31. The number of carbonyl (C=O) groups excluding carboxylic acids is 1. The predicted octanol–water partition coefficient (Wildman–Crippen LogP) is 7.64. The van der Waals surface area contributed by atoms with Crippen molar-refractivity contribution < 1.29 is 13.9 Å². The van der Waals surface area contributed by atoms with Crippen LogP contribution in [0.5, 0.6) is 0 Å². The van der Waals surface area contributed by atoms with Gasteiger partial charge >= 0.3 is 0 Å². The minimum atomic E-state index is -0.827. The Balaban J connectivity index is 1.64. The number of benzene rings is 3. The molecule has 1 aromatic heterocycles. The molecule has 182 valence electrons. The van der Waals surface area contributed by atoms with Crippen molar-refractivity contribution in [1.29, 1.82) is 0 Å². The number of aromatic nitrogens is 1. The molecule has 1 amide bonds. The van der Waals surface area contributed by atoms with E-state index in [4.69, 9.17) is 39.5 Å². The minimum Gasteiger partial charge on any atom is -0.358 e. The number of halogens is 4. The van der Waals surface area contributed by atoms with Crippen molar-refractivity contribution in [3.8, 4) is 0 Å². The van der Waals surface area contributed by atoms with Crippen molar-refractivity contribution in [3.05, 3.63) is 129 Å². The quantitative estimate of drug-likeness (QED) is 0.244. The van der Waals surface area contributed by atoms with Gasteiger partial charge in [-0.05, 0) is 65.2 Å². The first-order valence-electron chi connectivity index (χ1n) is 11.2. The summed E-state index contributed by atoms with van der Waals surface area (Å²) in [6.45, 7) is 0. The Kier molecular flexibility index (Phi) is 7.26. The van der Waals surface area contributed by atoms with Crippen LogP contribution in [0.3, 0.4) is 0 Å². The highest BCUT2D eigenvalue weighted by Crippen LogP contribution is 2.45. The monoisotopic (exact) mass is 540 g/mol. The molecule has 0 spiro atoms. The molecular formula is C28H20Cl3FN2O2. The molecule has 2 heterocycles. The van der Waals surface area contributed by atoms with Gasteiger partial charge < -0.3 is 4.74 Å². The molecule has 1 aliphatic heterocycles. The zero-order chi connectivity index (χ0) is 25.2. The summed E-state index contributed by atoms with van der Waals surface area (Å²) < 4.78 is 20.0. The topological polar surface area (TPSA) is 42.4 Å². The molecule has 0 N–H and O–H groups in total. The summed E-state index contributed by atoms with van der Waals surface area (Å²) in [7, 11) is 0. The Hall–Kier alpha value is -2.96. The van der Waals surface area contributed by atoms with Gasteiger partial charge in [-0.1, -0.05) is 71.2 Å². The largest absolute Gasteiger partial charge is 0.358 e. The predicted molar refractivity (Wildman–Crippen MR) is 140 cm³/mol. The van der Waals surface area contributed by atoms with Gasteiger partial charge in [0.1, 0.15) is 23.2 Å². The van der Waals surface area contributed by atoms with E-state index in [2.05, 4.69) is 4.98 Å². The van der Waals surface area contributed by atoms with Gasteiger partial charge in [-0.15, -0.1) is 0 Å². The van der Waals surface area contributed by atoms with Crippen molar-refractivity contribution in [2.75, 3.05) is 4.90 Å². The van der Waals surface area contributed by atoms with Gasteiger partial charge in [-0.3, -0.25) is 9.69 Å². The van der Waals surface area contributed by atoms with Crippen molar-refractivity contribution >= 4 is 46.4 Å². The number of pyridine rings is 1. The van der Waals surface area contributed by atoms with Crippen LogP contribution in [0.25, 0.3) is 0 Å². The highest BCUT2D eigenvalue weighted by Gasteiger charge is 2.45. The summed E-state index contributed by atoms with van der Waals surface area (Å²) in [4.78, 5) is 19.8. The lowest BCUT2D eigenvalue weighted by Gasteiger charge is -2.45. The van der Waals surface area contributed by atoms with Crippen molar-refractivity contribution in [2.24, 2.45) is 0 Å². The zero-order valence-electron chi connectivity index (χ0n) is 18.8. The molecular weight excluding hydrogens is 522 g/mol. The van der Waals surface area contributed by atoms with Crippen LogP contribution in [0.4, 0.5) is 10.1 Å². The normalized spacial score (nSPS) is 19.9. The highest BCUT2D eigenvalue weighted by atomic mass is 35.5. The fraction of sp³-hybridized carbons (Fsp3) is 0.143. The molecule has 36 heavy (non-hydrogen) atoms. The second kappa shape index (κ2) is 10.6. The molecule has 0 radical (unpaired) electrons. The molecule has 8 heteroatoms. The number of ether oxygens (including phenoxy) is 1. The van der Waals surface area contributed by atoms with E-state index >= 15 is 0 Å². The third kappa shape index (κ3) is 5.25. The van der Waals surface area contributed by atoms with Crippen LogP contribution in [0.15, 0.2) is 91.1 Å². The Bertz CT molecular complexity index is 1370. The molecule has 1 aliphatic rings. The van der Waals surface area contributed by atoms with E-state index < -0.39 is 18.2 Å². The number of hydrogen-bond acceptors (Lipinski definition) is 3. The first kappa shape index (κ1) is 24.7. The summed E-state index contributed by atoms with van der Waals surface area (Å²) >= 11 is 18.6. The van der Waals surface area contributed by atoms with E-state index in [0.717, 1.165) is 16.7 Å². The van der Waals surface area contributed by atoms with Crippen LogP contribution >= 0.6 is 34.8 Å². The number of hydrogen-bond donors (Lipinski definition) is 0. The van der Waals surface area contributed by atoms with Gasteiger partial charge in [0.2, 0.25) is 0 Å². The summed E-state index contributed by atoms with van der Waals surface area (Å²) in [5.41, 5.74) is 3.05. The van der Waals surface area contributed by atoms with Gasteiger partial charge in [0, 0.05) is 28.4 Å². The Morgan fingerprint density at radius 3 is 2.06 bits per heavy atom. The van der Waals surface area contributed by atoms with Crippen LogP contribution < -0.4 is 4.90 Å². The lowest BCUT2D eigenvalue weighted by Crippen LogP contribution is -2.51. The van der Waals surface area contributed by atoms with Gasteiger partial charge in [-0.25, -0.2) is 9.37 Å². The van der Waals surface area contributed by atoms with E-state index in [1.54, 1.807) is 59.6 Å². The average Bonchev–Trinajstić information content (AvgIpc) is 2.87. The molecule has 0 unspecified atom stereocenters. The van der Waals surface area contributed by atoms with Crippen LogP contribution in [-0.4, -0.2) is 17.0 Å². The molecule has 0 aliphatic carbocycles. The van der Waals surface area contributed by atoms with E-state index in [0.29, 0.717) is 15.7 Å². The van der Waals surface area contributed by atoms with Gasteiger partial charge in [0.25, 0.3) is 5.91 Å². The molecule has 4 nitrogen and oxygen atoms in total. The maximum absolute atomic E-state index is 14.0. The van der Waals surface area contributed by atoms with Crippen LogP contribution in [0.2, 0.25) is 15.2 Å². The Morgan fingerprint density at radius 1 is 0.833 bits per heavy atom. The second-order valence-corrected chi connectivity index (χ2v) is 9.73. The summed E-state index contributed by atoms with van der Waals surface area (Å²) in [6, 6.07) is 23.6. The smallest absolute Gasteiger partial charge is 0.257 e. The molecule has 3 atom stereocenters. The Morgan fingerprint density at radius 2 is 1.44 bits per heavy atom. The number of carbonyl (C=O) groups is 1. The first-order valence-corrected chi connectivity index (χ1v) is 12.4. The average molecular weight is 542 g/mol. The van der Waals surface area contributed by atoms with Gasteiger partial charge in [-0.2, -0.15) is 0 Å². The minimum absolute atomic E-state index is 0.244. The molecule has 4 aromatic rings. The zero-order valence-corrected chi connectivity index (χ0v) is 21.1. The number of morpholine rings is 1. The number of amides is 1. The molecule has 3 aromatic carbocycles. The molecule has 1 saturated heterocycles. The maximum Gasteiger partial charge on any atom is 0.257 e.